The standard InChI is InChI=1S/C23H25N3O4/c1-3-30-19-10-8-17(9-11-19)20-12-13-23(28)26(25-20)16-22(27)24-15-14-18-6-4-5-7-21(18)29-2/h4-13H,3,14-16H2,1-2H3,(H,24,27). The van der Waals surface area contributed by atoms with Gasteiger partial charge in [-0.15, -0.1) is 0 Å². The summed E-state index contributed by atoms with van der Waals surface area (Å²) in [5, 5.41) is 7.16. The SMILES string of the molecule is CCOc1ccc(-c2ccc(=O)n(CC(=O)NCCc3ccccc3OC)n2)cc1. The first kappa shape index (κ1) is 21.1. The molecule has 30 heavy (non-hydrogen) atoms. The van der Waals surface area contributed by atoms with E-state index in [0.717, 1.165) is 22.6 Å². The van der Waals surface area contributed by atoms with E-state index in [9.17, 15) is 9.59 Å². The Morgan fingerprint density at radius 3 is 2.57 bits per heavy atom. The van der Waals surface area contributed by atoms with Crippen LogP contribution in [0.2, 0.25) is 0 Å². The first-order valence-electron chi connectivity index (χ1n) is 9.80. The zero-order valence-corrected chi connectivity index (χ0v) is 17.1. The molecule has 0 bridgehead atoms. The average molecular weight is 407 g/mol. The minimum Gasteiger partial charge on any atom is -0.496 e. The number of para-hydroxylation sites is 1. The van der Waals surface area contributed by atoms with E-state index in [1.165, 1.54) is 10.7 Å². The highest BCUT2D eigenvalue weighted by atomic mass is 16.5. The van der Waals surface area contributed by atoms with Gasteiger partial charge in [-0.3, -0.25) is 9.59 Å². The highest BCUT2D eigenvalue weighted by molar-refractivity contribution is 5.75. The maximum atomic E-state index is 12.3. The van der Waals surface area contributed by atoms with E-state index >= 15 is 0 Å². The van der Waals surface area contributed by atoms with Crippen molar-refractivity contribution in [3.63, 3.8) is 0 Å². The normalized spacial score (nSPS) is 10.5. The second-order valence-corrected chi connectivity index (χ2v) is 6.58. The van der Waals surface area contributed by atoms with Gasteiger partial charge >= 0.3 is 0 Å². The summed E-state index contributed by atoms with van der Waals surface area (Å²) in [5.74, 6) is 1.28. The van der Waals surface area contributed by atoms with Gasteiger partial charge in [-0.25, -0.2) is 4.68 Å². The molecule has 0 atom stereocenters. The molecule has 2 aromatic carbocycles. The molecule has 0 aliphatic rings. The molecule has 1 heterocycles. The number of hydrogen-bond acceptors (Lipinski definition) is 5. The Bertz CT molecular complexity index is 1040. The molecule has 1 N–H and O–H groups in total. The lowest BCUT2D eigenvalue weighted by Crippen LogP contribution is -2.34. The summed E-state index contributed by atoms with van der Waals surface area (Å²) in [5.41, 5.74) is 2.13. The lowest BCUT2D eigenvalue weighted by Gasteiger charge is -2.10. The molecular formula is C23H25N3O4. The number of aromatic nitrogens is 2. The molecule has 0 aliphatic heterocycles. The van der Waals surface area contributed by atoms with Gasteiger partial charge in [0.25, 0.3) is 5.56 Å². The third-order valence-corrected chi connectivity index (χ3v) is 4.53. The molecule has 0 saturated heterocycles. The third kappa shape index (κ3) is 5.47. The zero-order chi connectivity index (χ0) is 21.3. The fraction of sp³-hybridized carbons (Fsp3) is 0.261. The summed E-state index contributed by atoms with van der Waals surface area (Å²) < 4.78 is 11.9. The van der Waals surface area contributed by atoms with Crippen LogP contribution in [-0.2, 0) is 17.8 Å². The van der Waals surface area contributed by atoms with E-state index < -0.39 is 0 Å². The molecule has 1 amide bonds. The Morgan fingerprint density at radius 1 is 1.07 bits per heavy atom. The minimum atomic E-state index is -0.329. The van der Waals surface area contributed by atoms with Gasteiger partial charge in [0.15, 0.2) is 0 Å². The smallest absolute Gasteiger partial charge is 0.267 e. The van der Waals surface area contributed by atoms with Crippen LogP contribution in [0.25, 0.3) is 11.3 Å². The monoisotopic (exact) mass is 407 g/mol. The molecular weight excluding hydrogens is 382 g/mol. The van der Waals surface area contributed by atoms with Crippen molar-refractivity contribution in [2.24, 2.45) is 0 Å². The second kappa shape index (κ2) is 10.2. The number of carbonyl (C=O) groups is 1. The molecule has 7 nitrogen and oxygen atoms in total. The molecule has 0 fully saturated rings. The van der Waals surface area contributed by atoms with E-state index in [4.69, 9.17) is 9.47 Å². The summed E-state index contributed by atoms with van der Waals surface area (Å²) in [6, 6.07) is 18.2. The van der Waals surface area contributed by atoms with Crippen molar-refractivity contribution in [3.05, 3.63) is 76.6 Å². The molecule has 0 radical (unpaired) electrons. The number of nitrogens with one attached hydrogen (secondary N) is 1. The first-order valence-corrected chi connectivity index (χ1v) is 9.80. The number of ether oxygens (including phenoxy) is 2. The van der Waals surface area contributed by atoms with Crippen LogP contribution in [0.4, 0.5) is 0 Å². The van der Waals surface area contributed by atoms with Crippen LogP contribution in [0.1, 0.15) is 12.5 Å². The van der Waals surface area contributed by atoms with Crippen LogP contribution >= 0.6 is 0 Å². The molecule has 3 rings (SSSR count). The maximum absolute atomic E-state index is 12.3. The van der Waals surface area contributed by atoms with Crippen LogP contribution in [0, 0.1) is 0 Å². The maximum Gasteiger partial charge on any atom is 0.267 e. The third-order valence-electron chi connectivity index (χ3n) is 4.53. The number of hydrogen-bond donors (Lipinski definition) is 1. The number of carbonyl (C=O) groups excluding carboxylic acids is 1. The first-order chi connectivity index (χ1) is 14.6. The average Bonchev–Trinajstić information content (AvgIpc) is 2.76. The van der Waals surface area contributed by atoms with Gasteiger partial charge in [-0.1, -0.05) is 18.2 Å². The van der Waals surface area contributed by atoms with Crippen molar-refractivity contribution >= 4 is 5.91 Å². The summed E-state index contributed by atoms with van der Waals surface area (Å²) in [7, 11) is 1.62. The van der Waals surface area contributed by atoms with Gasteiger partial charge in [-0.2, -0.15) is 5.10 Å². The lowest BCUT2D eigenvalue weighted by molar-refractivity contribution is -0.121. The van der Waals surface area contributed by atoms with Crippen LogP contribution < -0.4 is 20.3 Å². The van der Waals surface area contributed by atoms with E-state index in [-0.39, 0.29) is 18.0 Å². The van der Waals surface area contributed by atoms with Gasteiger partial charge in [0, 0.05) is 18.2 Å². The van der Waals surface area contributed by atoms with E-state index in [1.54, 1.807) is 13.2 Å². The fourth-order valence-electron chi connectivity index (χ4n) is 3.04. The van der Waals surface area contributed by atoms with Crippen LogP contribution in [0.5, 0.6) is 11.5 Å². The van der Waals surface area contributed by atoms with Crippen LogP contribution in [0.3, 0.4) is 0 Å². The number of nitrogens with zero attached hydrogens (tertiary/aromatic N) is 2. The summed E-state index contributed by atoms with van der Waals surface area (Å²) in [6.45, 7) is 2.81. The van der Waals surface area contributed by atoms with Crippen LogP contribution in [0.15, 0.2) is 65.5 Å². The molecule has 0 spiro atoms. The number of benzene rings is 2. The van der Waals surface area contributed by atoms with Crippen molar-refractivity contribution in [2.75, 3.05) is 20.3 Å². The summed E-state index contributed by atoms with van der Waals surface area (Å²) >= 11 is 0. The van der Waals surface area contributed by atoms with Gasteiger partial charge in [0.1, 0.15) is 18.0 Å². The molecule has 0 unspecified atom stereocenters. The minimum absolute atomic E-state index is 0.143. The molecule has 0 aliphatic carbocycles. The van der Waals surface area contributed by atoms with Crippen molar-refractivity contribution in [1.29, 1.82) is 0 Å². The zero-order valence-electron chi connectivity index (χ0n) is 17.1. The second-order valence-electron chi connectivity index (χ2n) is 6.58. The van der Waals surface area contributed by atoms with Gasteiger partial charge in [0.2, 0.25) is 5.91 Å². The quantitative estimate of drug-likeness (QED) is 0.590. The Balaban J connectivity index is 1.62. The van der Waals surface area contributed by atoms with E-state index in [0.29, 0.717) is 25.3 Å². The Morgan fingerprint density at radius 2 is 1.83 bits per heavy atom. The van der Waals surface area contributed by atoms with Gasteiger partial charge in [-0.05, 0) is 55.3 Å². The summed E-state index contributed by atoms with van der Waals surface area (Å²) in [4.78, 5) is 24.5. The predicted molar refractivity (Wildman–Crippen MR) is 115 cm³/mol. The van der Waals surface area contributed by atoms with Crippen molar-refractivity contribution in [1.82, 2.24) is 15.1 Å². The van der Waals surface area contributed by atoms with E-state index in [2.05, 4.69) is 10.4 Å². The predicted octanol–water partition coefficient (Wildman–Crippen LogP) is 2.68. The largest absolute Gasteiger partial charge is 0.496 e. The number of methoxy groups -OCH3 is 1. The Hall–Kier alpha value is -3.61. The van der Waals surface area contributed by atoms with Crippen molar-refractivity contribution < 1.29 is 14.3 Å². The number of amides is 1. The fourth-order valence-corrected chi connectivity index (χ4v) is 3.04. The van der Waals surface area contributed by atoms with E-state index in [1.807, 2.05) is 55.5 Å². The van der Waals surface area contributed by atoms with Crippen LogP contribution in [-0.4, -0.2) is 35.9 Å². The molecule has 156 valence electrons. The Kier molecular flexibility index (Phi) is 7.21. The summed E-state index contributed by atoms with van der Waals surface area (Å²) in [6.07, 6.45) is 0.629. The van der Waals surface area contributed by atoms with Gasteiger partial charge in [0.05, 0.1) is 19.4 Å². The topological polar surface area (TPSA) is 82.5 Å². The van der Waals surface area contributed by atoms with Crippen molar-refractivity contribution in [3.8, 4) is 22.8 Å². The van der Waals surface area contributed by atoms with Crippen molar-refractivity contribution in [2.45, 2.75) is 19.9 Å². The number of rotatable bonds is 9. The van der Waals surface area contributed by atoms with Gasteiger partial charge < -0.3 is 14.8 Å². The Labute approximate surface area is 175 Å². The molecule has 7 heteroatoms. The molecule has 3 aromatic rings. The highest BCUT2D eigenvalue weighted by Gasteiger charge is 2.09. The highest BCUT2D eigenvalue weighted by Crippen LogP contribution is 2.20. The molecule has 1 aromatic heterocycles. The molecule has 0 saturated carbocycles. The lowest BCUT2D eigenvalue weighted by atomic mass is 10.1.